The molecule has 2 N–H and O–H groups in total. The van der Waals surface area contributed by atoms with Gasteiger partial charge in [-0.15, -0.1) is 0 Å². The summed E-state index contributed by atoms with van der Waals surface area (Å²) < 4.78 is 0. The fourth-order valence-corrected chi connectivity index (χ4v) is 4.81. The summed E-state index contributed by atoms with van der Waals surface area (Å²) in [5.74, 6) is 0. The first-order chi connectivity index (χ1) is 14.6. The molecule has 0 fully saturated rings. The molecule has 2 heteroatoms. The Hall–Kier alpha value is -3.20. The van der Waals surface area contributed by atoms with E-state index in [2.05, 4.69) is 6.92 Å². The van der Waals surface area contributed by atoms with Crippen LogP contribution >= 0.6 is 0 Å². The first-order valence-corrected chi connectivity index (χ1v) is 10.4. The van der Waals surface area contributed by atoms with E-state index in [-0.39, 0.29) is 0 Å². The third kappa shape index (κ3) is 2.51. The molecule has 2 atom stereocenters. The fraction of sp³-hybridized carbons (Fsp3) is 0.143. The van der Waals surface area contributed by atoms with Gasteiger partial charge in [-0.2, -0.15) is 0 Å². The summed E-state index contributed by atoms with van der Waals surface area (Å²) in [5.41, 5.74) is 2.88. The molecule has 0 bridgehead atoms. The van der Waals surface area contributed by atoms with E-state index in [1.807, 2.05) is 103 Å². The van der Waals surface area contributed by atoms with Crippen molar-refractivity contribution in [3.63, 3.8) is 0 Å². The maximum atomic E-state index is 12.3. The number of aryl methyl sites for hydroxylation is 1. The van der Waals surface area contributed by atoms with Crippen molar-refractivity contribution in [3.8, 4) is 0 Å². The summed E-state index contributed by atoms with van der Waals surface area (Å²) >= 11 is 0. The van der Waals surface area contributed by atoms with Crippen molar-refractivity contribution in [3.05, 3.63) is 142 Å². The molecule has 0 aliphatic heterocycles. The molecule has 4 aromatic rings. The molecule has 30 heavy (non-hydrogen) atoms. The van der Waals surface area contributed by atoms with Crippen LogP contribution in [0.2, 0.25) is 0 Å². The molecule has 148 valence electrons. The summed E-state index contributed by atoms with van der Waals surface area (Å²) in [7, 11) is 0. The van der Waals surface area contributed by atoms with Gasteiger partial charge in [0.2, 0.25) is 0 Å². The van der Waals surface area contributed by atoms with Gasteiger partial charge in [0.15, 0.2) is 0 Å². The molecule has 0 saturated carbocycles. The minimum absolute atomic E-state index is 0.708. The van der Waals surface area contributed by atoms with Gasteiger partial charge in [-0.1, -0.05) is 110 Å². The molecule has 0 aromatic heterocycles. The Bertz CT molecular complexity index is 1200. The van der Waals surface area contributed by atoms with Crippen LogP contribution in [0.25, 0.3) is 0 Å². The van der Waals surface area contributed by atoms with Crippen molar-refractivity contribution >= 4 is 0 Å². The van der Waals surface area contributed by atoms with Crippen molar-refractivity contribution in [2.75, 3.05) is 0 Å². The fourth-order valence-electron chi connectivity index (χ4n) is 4.81. The van der Waals surface area contributed by atoms with Crippen LogP contribution in [0.5, 0.6) is 0 Å². The van der Waals surface area contributed by atoms with Crippen molar-refractivity contribution in [1.82, 2.24) is 0 Å². The Kier molecular flexibility index (Phi) is 4.35. The molecule has 0 spiro atoms. The quantitative estimate of drug-likeness (QED) is 0.507. The average molecular weight is 392 g/mol. The minimum Gasteiger partial charge on any atom is -0.376 e. The number of benzene rings is 4. The van der Waals surface area contributed by atoms with Gasteiger partial charge in [0, 0.05) is 0 Å². The molecule has 1 aliphatic carbocycles. The normalized spacial score (nSPS) is 22.2. The molecule has 0 radical (unpaired) electrons. The van der Waals surface area contributed by atoms with Crippen LogP contribution in [0.15, 0.2) is 103 Å². The molecular weight excluding hydrogens is 368 g/mol. The van der Waals surface area contributed by atoms with Crippen molar-refractivity contribution in [2.45, 2.75) is 24.5 Å². The highest BCUT2D eigenvalue weighted by Gasteiger charge is 2.50. The van der Waals surface area contributed by atoms with Crippen molar-refractivity contribution in [2.24, 2.45) is 0 Å². The van der Waals surface area contributed by atoms with Gasteiger partial charge in [0.1, 0.15) is 11.2 Å². The summed E-state index contributed by atoms with van der Waals surface area (Å²) in [6.07, 6.45) is 0.851. The van der Waals surface area contributed by atoms with Crippen LogP contribution in [0, 0.1) is 0 Å². The maximum Gasteiger partial charge on any atom is 0.141 e. The van der Waals surface area contributed by atoms with Gasteiger partial charge in [-0.05, 0) is 45.4 Å². The Morgan fingerprint density at radius 3 is 1.47 bits per heavy atom. The van der Waals surface area contributed by atoms with Crippen LogP contribution in [0.4, 0.5) is 0 Å². The van der Waals surface area contributed by atoms with E-state index in [0.717, 1.165) is 34.2 Å². The second-order valence-electron chi connectivity index (χ2n) is 7.93. The number of aliphatic hydroxyl groups is 2. The molecule has 1 aliphatic rings. The molecule has 2 unspecified atom stereocenters. The van der Waals surface area contributed by atoms with Gasteiger partial charge in [0.05, 0.1) is 0 Å². The minimum atomic E-state index is -1.35. The topological polar surface area (TPSA) is 40.5 Å². The predicted molar refractivity (Wildman–Crippen MR) is 119 cm³/mol. The molecular formula is C28H24O2. The SMILES string of the molecule is CCc1ccc2c(c1)C(O)(c1ccccc1)c1ccccc1C2(O)c1ccccc1. The number of hydrogen-bond acceptors (Lipinski definition) is 2. The second kappa shape index (κ2) is 6.94. The first kappa shape index (κ1) is 18.8. The second-order valence-corrected chi connectivity index (χ2v) is 7.93. The summed E-state index contributed by atoms with van der Waals surface area (Å²) in [5, 5.41) is 24.6. The van der Waals surface area contributed by atoms with Gasteiger partial charge in [0.25, 0.3) is 0 Å². The lowest BCUT2D eigenvalue weighted by Gasteiger charge is -2.45. The highest BCUT2D eigenvalue weighted by atomic mass is 16.3. The molecule has 5 rings (SSSR count). The highest BCUT2D eigenvalue weighted by Crippen LogP contribution is 2.53. The Balaban J connectivity index is 1.92. The number of fused-ring (bicyclic) bond motifs is 2. The van der Waals surface area contributed by atoms with E-state index in [1.54, 1.807) is 0 Å². The van der Waals surface area contributed by atoms with E-state index in [4.69, 9.17) is 0 Å². The standard InChI is InChI=1S/C28H24O2/c1-2-20-17-18-25-26(19-20)28(30,22-13-7-4-8-14-22)24-16-10-9-15-23(24)27(25,29)21-11-5-3-6-12-21/h3-19,29-30H,2H2,1H3. The van der Waals surface area contributed by atoms with E-state index in [0.29, 0.717) is 11.1 Å². The van der Waals surface area contributed by atoms with E-state index in [1.165, 1.54) is 0 Å². The number of hydrogen-bond donors (Lipinski definition) is 2. The smallest absolute Gasteiger partial charge is 0.141 e. The third-order valence-corrected chi connectivity index (χ3v) is 6.36. The largest absolute Gasteiger partial charge is 0.376 e. The zero-order valence-electron chi connectivity index (χ0n) is 16.9. The van der Waals surface area contributed by atoms with Crippen molar-refractivity contribution < 1.29 is 10.2 Å². The Labute approximate surface area is 177 Å². The van der Waals surface area contributed by atoms with E-state index >= 15 is 0 Å². The average Bonchev–Trinajstić information content (AvgIpc) is 2.83. The summed E-state index contributed by atoms with van der Waals surface area (Å²) in [4.78, 5) is 0. The van der Waals surface area contributed by atoms with Gasteiger partial charge in [-0.3, -0.25) is 0 Å². The highest BCUT2D eigenvalue weighted by molar-refractivity contribution is 5.65. The Morgan fingerprint density at radius 1 is 0.533 bits per heavy atom. The van der Waals surface area contributed by atoms with Crippen LogP contribution < -0.4 is 0 Å². The molecule has 4 aromatic carbocycles. The Morgan fingerprint density at radius 2 is 0.967 bits per heavy atom. The lowest BCUT2D eigenvalue weighted by atomic mass is 9.63. The van der Waals surface area contributed by atoms with Gasteiger partial charge in [-0.25, -0.2) is 0 Å². The van der Waals surface area contributed by atoms with E-state index in [9.17, 15) is 10.2 Å². The van der Waals surface area contributed by atoms with Crippen molar-refractivity contribution in [1.29, 1.82) is 0 Å². The maximum absolute atomic E-state index is 12.3. The third-order valence-electron chi connectivity index (χ3n) is 6.36. The first-order valence-electron chi connectivity index (χ1n) is 10.4. The van der Waals surface area contributed by atoms with Gasteiger partial charge < -0.3 is 10.2 Å². The molecule has 2 nitrogen and oxygen atoms in total. The van der Waals surface area contributed by atoms with Crippen LogP contribution in [-0.2, 0) is 17.6 Å². The monoisotopic (exact) mass is 392 g/mol. The van der Waals surface area contributed by atoms with Crippen LogP contribution in [0.1, 0.15) is 45.9 Å². The predicted octanol–water partition coefficient (Wildman–Crippen LogP) is 5.13. The summed E-state index contributed by atoms with van der Waals surface area (Å²) in [6, 6.07) is 33.2. The lowest BCUT2D eigenvalue weighted by molar-refractivity contribution is 0.0747. The molecule has 0 heterocycles. The number of rotatable bonds is 3. The van der Waals surface area contributed by atoms with Gasteiger partial charge >= 0.3 is 0 Å². The molecule has 0 saturated heterocycles. The lowest BCUT2D eigenvalue weighted by Crippen LogP contribution is -2.44. The zero-order chi connectivity index (χ0) is 20.8. The van der Waals surface area contributed by atoms with Crippen LogP contribution in [0.3, 0.4) is 0 Å². The van der Waals surface area contributed by atoms with E-state index < -0.39 is 11.2 Å². The zero-order valence-corrected chi connectivity index (χ0v) is 16.9. The molecule has 0 amide bonds. The van der Waals surface area contributed by atoms with Crippen LogP contribution in [-0.4, -0.2) is 10.2 Å². The summed E-state index contributed by atoms with van der Waals surface area (Å²) in [6.45, 7) is 2.10.